The first-order valence-electron chi connectivity index (χ1n) is 9.07. The lowest BCUT2D eigenvalue weighted by molar-refractivity contribution is 0.217. The van der Waals surface area contributed by atoms with Gasteiger partial charge in [0.15, 0.2) is 0 Å². The number of unbranched alkanes of at least 4 members (excludes halogenated alkanes) is 3. The van der Waals surface area contributed by atoms with Crippen molar-refractivity contribution in [2.24, 2.45) is 0 Å². The summed E-state index contributed by atoms with van der Waals surface area (Å²) in [7, 11) is 0. The molecule has 2 aliphatic heterocycles. The van der Waals surface area contributed by atoms with E-state index < -0.39 is 0 Å². The summed E-state index contributed by atoms with van der Waals surface area (Å²) in [5, 5.41) is 3.49. The van der Waals surface area contributed by atoms with Crippen LogP contribution in [-0.4, -0.2) is 61.7 Å². The molecular weight excluding hydrogens is 246 g/mol. The number of nitrogens with zero attached hydrogens (tertiary/aromatic N) is 2. The van der Waals surface area contributed by atoms with Crippen molar-refractivity contribution in [3.05, 3.63) is 0 Å². The van der Waals surface area contributed by atoms with E-state index in [1.807, 2.05) is 0 Å². The molecule has 3 heteroatoms. The predicted molar refractivity (Wildman–Crippen MR) is 87.3 cm³/mol. The quantitative estimate of drug-likeness (QED) is 0.656. The van der Waals surface area contributed by atoms with Crippen LogP contribution in [0.4, 0.5) is 0 Å². The SMILES string of the molecule is CCCNCCCCCCN1CCCN2CCCC2C1. The van der Waals surface area contributed by atoms with E-state index in [4.69, 9.17) is 0 Å². The number of hydrogen-bond donors (Lipinski definition) is 1. The number of fused-ring (bicyclic) bond motifs is 1. The predicted octanol–water partition coefficient (Wildman–Crippen LogP) is 2.72. The molecule has 2 saturated heterocycles. The standard InChI is InChI=1S/C17H35N3/c1-2-10-18-11-5-3-4-6-12-19-13-8-15-20-14-7-9-17(20)16-19/h17-18H,2-16H2,1H3. The lowest BCUT2D eigenvalue weighted by Gasteiger charge is -2.25. The molecule has 0 aromatic rings. The van der Waals surface area contributed by atoms with Crippen molar-refractivity contribution < 1.29 is 0 Å². The van der Waals surface area contributed by atoms with Gasteiger partial charge in [0.1, 0.15) is 0 Å². The molecule has 0 aromatic heterocycles. The highest BCUT2D eigenvalue weighted by molar-refractivity contribution is 4.84. The Kier molecular flexibility index (Phi) is 7.92. The van der Waals surface area contributed by atoms with Crippen molar-refractivity contribution in [1.82, 2.24) is 15.1 Å². The van der Waals surface area contributed by atoms with Crippen LogP contribution >= 0.6 is 0 Å². The van der Waals surface area contributed by atoms with Gasteiger partial charge in [0, 0.05) is 12.6 Å². The number of hydrogen-bond acceptors (Lipinski definition) is 3. The Hall–Kier alpha value is -0.120. The average molecular weight is 281 g/mol. The van der Waals surface area contributed by atoms with E-state index in [0.29, 0.717) is 0 Å². The van der Waals surface area contributed by atoms with E-state index >= 15 is 0 Å². The maximum atomic E-state index is 3.49. The summed E-state index contributed by atoms with van der Waals surface area (Å²) in [6.07, 6.45) is 11.1. The van der Waals surface area contributed by atoms with Gasteiger partial charge in [-0.1, -0.05) is 19.8 Å². The maximum Gasteiger partial charge on any atom is 0.0223 e. The Bertz CT molecular complexity index is 244. The summed E-state index contributed by atoms with van der Waals surface area (Å²) < 4.78 is 0. The van der Waals surface area contributed by atoms with Crippen molar-refractivity contribution in [3.63, 3.8) is 0 Å². The Morgan fingerprint density at radius 3 is 2.70 bits per heavy atom. The van der Waals surface area contributed by atoms with Gasteiger partial charge in [0.2, 0.25) is 0 Å². The fraction of sp³-hybridized carbons (Fsp3) is 1.00. The molecule has 2 heterocycles. The van der Waals surface area contributed by atoms with Crippen molar-refractivity contribution in [1.29, 1.82) is 0 Å². The molecular formula is C17H35N3. The molecule has 1 unspecified atom stereocenters. The summed E-state index contributed by atoms with van der Waals surface area (Å²) in [6.45, 7) is 11.4. The van der Waals surface area contributed by atoms with Gasteiger partial charge in [0.05, 0.1) is 0 Å². The van der Waals surface area contributed by atoms with Crippen LogP contribution in [0.3, 0.4) is 0 Å². The van der Waals surface area contributed by atoms with Crippen LogP contribution < -0.4 is 5.32 Å². The third-order valence-electron chi connectivity index (χ3n) is 4.89. The zero-order chi connectivity index (χ0) is 14.0. The molecule has 0 aliphatic carbocycles. The van der Waals surface area contributed by atoms with Crippen molar-refractivity contribution in [2.75, 3.05) is 45.8 Å². The molecule has 0 aromatic carbocycles. The molecule has 3 nitrogen and oxygen atoms in total. The summed E-state index contributed by atoms with van der Waals surface area (Å²) in [4.78, 5) is 5.48. The smallest absolute Gasteiger partial charge is 0.0223 e. The molecule has 0 bridgehead atoms. The Morgan fingerprint density at radius 1 is 0.950 bits per heavy atom. The van der Waals surface area contributed by atoms with E-state index in [1.54, 1.807) is 0 Å². The fourth-order valence-electron chi connectivity index (χ4n) is 3.73. The second kappa shape index (κ2) is 9.75. The second-order valence-electron chi connectivity index (χ2n) is 6.65. The Labute approximate surface area is 126 Å². The van der Waals surface area contributed by atoms with E-state index in [1.165, 1.54) is 97.2 Å². The number of rotatable bonds is 9. The molecule has 0 saturated carbocycles. The van der Waals surface area contributed by atoms with Crippen LogP contribution in [0.2, 0.25) is 0 Å². The molecule has 0 spiro atoms. The highest BCUT2D eigenvalue weighted by Gasteiger charge is 2.28. The lowest BCUT2D eigenvalue weighted by atomic mass is 10.1. The third-order valence-corrected chi connectivity index (χ3v) is 4.89. The zero-order valence-electron chi connectivity index (χ0n) is 13.6. The van der Waals surface area contributed by atoms with Crippen LogP contribution in [0.1, 0.15) is 58.3 Å². The first-order valence-corrected chi connectivity index (χ1v) is 9.07. The monoisotopic (exact) mass is 281 g/mol. The normalized spacial score (nSPS) is 24.8. The van der Waals surface area contributed by atoms with Gasteiger partial charge in [-0.3, -0.25) is 4.90 Å². The second-order valence-corrected chi connectivity index (χ2v) is 6.65. The van der Waals surface area contributed by atoms with Gasteiger partial charge in [0.25, 0.3) is 0 Å². The van der Waals surface area contributed by atoms with E-state index in [-0.39, 0.29) is 0 Å². The molecule has 0 radical (unpaired) electrons. The molecule has 2 aliphatic rings. The van der Waals surface area contributed by atoms with Crippen molar-refractivity contribution in [2.45, 2.75) is 64.3 Å². The minimum absolute atomic E-state index is 0.885. The van der Waals surface area contributed by atoms with E-state index in [0.717, 1.165) is 6.04 Å². The highest BCUT2D eigenvalue weighted by Crippen LogP contribution is 2.21. The molecule has 2 fully saturated rings. The summed E-state index contributed by atoms with van der Waals surface area (Å²) in [5.74, 6) is 0. The fourth-order valence-corrected chi connectivity index (χ4v) is 3.73. The minimum atomic E-state index is 0.885. The average Bonchev–Trinajstić information content (AvgIpc) is 2.80. The zero-order valence-corrected chi connectivity index (χ0v) is 13.6. The largest absolute Gasteiger partial charge is 0.317 e. The first kappa shape index (κ1) is 16.3. The summed E-state index contributed by atoms with van der Waals surface area (Å²) in [5.41, 5.74) is 0. The molecule has 1 N–H and O–H groups in total. The van der Waals surface area contributed by atoms with Crippen LogP contribution in [0.15, 0.2) is 0 Å². The molecule has 0 amide bonds. The molecule has 2 rings (SSSR count). The maximum absolute atomic E-state index is 3.49. The van der Waals surface area contributed by atoms with Gasteiger partial charge in [-0.2, -0.15) is 0 Å². The molecule has 118 valence electrons. The topological polar surface area (TPSA) is 18.5 Å². The van der Waals surface area contributed by atoms with Gasteiger partial charge in [-0.05, 0) is 77.8 Å². The summed E-state index contributed by atoms with van der Waals surface area (Å²) >= 11 is 0. The van der Waals surface area contributed by atoms with Crippen molar-refractivity contribution >= 4 is 0 Å². The molecule has 20 heavy (non-hydrogen) atoms. The van der Waals surface area contributed by atoms with Crippen LogP contribution in [0.25, 0.3) is 0 Å². The lowest BCUT2D eigenvalue weighted by Crippen LogP contribution is -2.37. The first-order chi connectivity index (χ1) is 9.90. The summed E-state index contributed by atoms with van der Waals surface area (Å²) in [6, 6.07) is 0.885. The van der Waals surface area contributed by atoms with E-state index in [9.17, 15) is 0 Å². The van der Waals surface area contributed by atoms with Gasteiger partial charge >= 0.3 is 0 Å². The van der Waals surface area contributed by atoms with Gasteiger partial charge in [-0.25, -0.2) is 0 Å². The van der Waals surface area contributed by atoms with Gasteiger partial charge in [-0.15, -0.1) is 0 Å². The van der Waals surface area contributed by atoms with Crippen LogP contribution in [-0.2, 0) is 0 Å². The highest BCUT2D eigenvalue weighted by atomic mass is 15.3. The molecule has 1 atom stereocenters. The number of nitrogens with one attached hydrogen (secondary N) is 1. The van der Waals surface area contributed by atoms with Crippen molar-refractivity contribution in [3.8, 4) is 0 Å². The Balaban J connectivity index is 1.48. The minimum Gasteiger partial charge on any atom is -0.317 e. The Morgan fingerprint density at radius 2 is 1.80 bits per heavy atom. The third kappa shape index (κ3) is 5.71. The van der Waals surface area contributed by atoms with Crippen LogP contribution in [0, 0.1) is 0 Å². The van der Waals surface area contributed by atoms with Crippen LogP contribution in [0.5, 0.6) is 0 Å². The van der Waals surface area contributed by atoms with Gasteiger partial charge < -0.3 is 10.2 Å². The van der Waals surface area contributed by atoms with E-state index in [2.05, 4.69) is 22.0 Å².